The van der Waals surface area contributed by atoms with Gasteiger partial charge in [-0.05, 0) is 212 Å². The lowest BCUT2D eigenvalue weighted by molar-refractivity contribution is 0.122. The predicted molar refractivity (Wildman–Crippen MR) is 496 cm³/mol. The number of aliphatic hydroxyl groups is 1. The van der Waals surface area contributed by atoms with Crippen LogP contribution in [0.1, 0.15) is 119 Å². The molecule has 1 fully saturated rings. The van der Waals surface area contributed by atoms with Crippen LogP contribution in [-0.4, -0.2) is 124 Å². The standard InChI is InChI=1S/C25H26N4O2S.C24H26N4O2S.C23H22FN5O3S.C23H24N4O3S/c1-25(2,3)18-10-12-19(13-11-18)32(30,31)28-24-21-7-5-8-22(21)27-29(24)23-9-4-6-17-16-26-15-14-20(17)23;1-16-13-14-25-20-7-6-8-21(23(16)20)28-22(15-17(2)26-28)27-31(29,30)19-11-9-18(10-12-19)24(3,4)5;1-16-14-23(29(26-16)21-6-2-5-20-18(21)4-3-9-25-20)27-33(30,31)17-7-8-22(19(24)15-17)28-10-12-32-13-11-28;1-23(2,3)16-9-11-18(12-10-16)31(29,30)26-22-14-17(15-28)25-27(22)21-8-4-7-20-19(21)6-5-13-24-20/h4,6,9-16,28H,5,7-8H2,1-3H3;6-15,27H,1-5H3;2-9,14-15,27H,10-13H2,1H3;4-14,26,28H,15H2,1-3H3. The molecule has 2 aliphatic rings. The summed E-state index contributed by atoms with van der Waals surface area (Å²) >= 11 is 0. The number of nitrogens with one attached hydrogen (secondary N) is 4. The van der Waals surface area contributed by atoms with Gasteiger partial charge in [-0.1, -0.05) is 129 Å². The molecular weight excluding hydrogens is 1690 g/mol. The van der Waals surface area contributed by atoms with Gasteiger partial charge in [0.25, 0.3) is 40.1 Å². The number of fused-ring (bicyclic) bond motifs is 5. The van der Waals surface area contributed by atoms with E-state index >= 15 is 0 Å². The molecule has 0 saturated carbocycles. The van der Waals surface area contributed by atoms with Gasteiger partial charge in [-0.25, -0.2) is 56.8 Å². The molecule has 654 valence electrons. The van der Waals surface area contributed by atoms with Crippen LogP contribution in [0.5, 0.6) is 0 Å². The Morgan fingerprint density at radius 2 is 0.866 bits per heavy atom. The zero-order chi connectivity index (χ0) is 90.1. The van der Waals surface area contributed by atoms with E-state index in [1.807, 2.05) is 164 Å². The van der Waals surface area contributed by atoms with Crippen LogP contribution in [0.4, 0.5) is 33.3 Å². The number of pyridine rings is 4. The van der Waals surface area contributed by atoms with Crippen LogP contribution in [0, 0.1) is 26.6 Å². The SMILES string of the molecule is CC(C)(C)c1ccc(S(=O)(=O)Nc2c3c(nn2-c2cccc4cnccc24)CCC3)cc1.CC(C)(C)c1ccc(S(=O)(=O)Nc2cc(CO)nn2-c2cccc3ncccc23)cc1.Cc1cc(NS(=O)(=O)c2ccc(C(C)(C)C)cc2)n(-c2cccc3nccc(C)c23)n1.Cc1cc(NS(=O)(=O)c2ccc(N3CCOCC3)c(F)c2)n(-c2cccc3ncccc23)n1. The molecule has 18 rings (SSSR count). The minimum Gasteiger partial charge on any atom is -0.390 e. The van der Waals surface area contributed by atoms with Crippen LogP contribution in [-0.2, 0) is 80.5 Å². The van der Waals surface area contributed by atoms with E-state index in [-0.39, 0.29) is 54.1 Å². The minimum atomic E-state index is -4.06. The van der Waals surface area contributed by atoms with E-state index < -0.39 is 45.9 Å². The van der Waals surface area contributed by atoms with Crippen LogP contribution < -0.4 is 23.8 Å². The Morgan fingerprint density at radius 3 is 1.38 bits per heavy atom. The van der Waals surface area contributed by atoms with E-state index in [1.165, 1.54) is 27.6 Å². The second-order valence-electron chi connectivity index (χ2n) is 34.1. The topological polar surface area (TPSA) is 340 Å². The fourth-order valence-electron chi connectivity index (χ4n) is 15.2. The van der Waals surface area contributed by atoms with Crippen molar-refractivity contribution in [1.82, 2.24) is 59.1 Å². The molecule has 32 heteroatoms. The molecule has 8 aromatic heterocycles. The Morgan fingerprint density at radius 1 is 0.417 bits per heavy atom. The molecule has 1 saturated heterocycles. The number of sulfonamides is 4. The number of aromatic nitrogens is 12. The van der Waals surface area contributed by atoms with E-state index in [0.29, 0.717) is 72.1 Å². The van der Waals surface area contributed by atoms with Crippen LogP contribution in [0.25, 0.3) is 66.2 Å². The average molecular weight is 1790 g/mol. The zero-order valence-corrected chi connectivity index (χ0v) is 75.5. The van der Waals surface area contributed by atoms with Crippen molar-refractivity contribution in [1.29, 1.82) is 0 Å². The van der Waals surface area contributed by atoms with Crippen molar-refractivity contribution < 1.29 is 47.9 Å². The second kappa shape index (κ2) is 35.7. The first-order valence-corrected chi connectivity index (χ1v) is 47.2. The average Bonchev–Trinajstić information content (AvgIpc) is 1.27. The third kappa shape index (κ3) is 19.5. The normalized spacial score (nSPS) is 13.3. The van der Waals surface area contributed by atoms with Gasteiger partial charge in [0.2, 0.25) is 0 Å². The molecule has 27 nitrogen and oxygen atoms in total. The smallest absolute Gasteiger partial charge is 0.263 e. The molecule has 0 bridgehead atoms. The summed E-state index contributed by atoms with van der Waals surface area (Å²) in [6.07, 6.45) is 11.3. The Hall–Kier alpha value is -13.1. The lowest BCUT2D eigenvalue weighted by Gasteiger charge is -2.29. The van der Waals surface area contributed by atoms with Gasteiger partial charge in [0.05, 0.1) is 107 Å². The number of halogens is 1. The van der Waals surface area contributed by atoms with E-state index in [9.17, 15) is 43.2 Å². The number of hydrogen-bond donors (Lipinski definition) is 5. The first kappa shape index (κ1) is 88.7. The summed E-state index contributed by atoms with van der Waals surface area (Å²) in [6.45, 7) is 26.2. The highest BCUT2D eigenvalue weighted by molar-refractivity contribution is 7.93. The lowest BCUT2D eigenvalue weighted by atomic mass is 9.87. The number of benzene rings is 8. The Labute approximate surface area is 738 Å². The van der Waals surface area contributed by atoms with Crippen molar-refractivity contribution in [3.8, 4) is 22.7 Å². The maximum atomic E-state index is 14.8. The highest BCUT2D eigenvalue weighted by Gasteiger charge is 2.31. The number of ether oxygens (including phenoxy) is 1. The summed E-state index contributed by atoms with van der Waals surface area (Å²) in [7, 11) is -15.5. The van der Waals surface area contributed by atoms with E-state index in [4.69, 9.17) is 9.84 Å². The molecule has 0 amide bonds. The molecule has 0 spiro atoms. The quantitative estimate of drug-likeness (QED) is 0.0533. The summed E-state index contributed by atoms with van der Waals surface area (Å²) in [5, 5.41) is 32.3. The molecule has 0 radical (unpaired) electrons. The Balaban J connectivity index is 0.000000131. The zero-order valence-electron chi connectivity index (χ0n) is 72.3. The Kier molecular flexibility index (Phi) is 25.0. The van der Waals surface area contributed by atoms with Crippen molar-refractivity contribution >= 4 is 113 Å². The fourth-order valence-corrected chi connectivity index (χ4v) is 19.4. The molecule has 16 aromatic rings. The summed E-state index contributed by atoms with van der Waals surface area (Å²) in [6, 6.07) is 63.7. The molecule has 1 aliphatic heterocycles. The molecule has 0 unspecified atom stereocenters. The predicted octanol–water partition coefficient (Wildman–Crippen LogP) is 17.7. The number of rotatable bonds is 18. The monoisotopic (exact) mass is 1780 g/mol. The van der Waals surface area contributed by atoms with Gasteiger partial charge < -0.3 is 14.7 Å². The first-order valence-electron chi connectivity index (χ1n) is 41.3. The number of anilines is 5. The van der Waals surface area contributed by atoms with Gasteiger partial charge in [-0.15, -0.1) is 0 Å². The van der Waals surface area contributed by atoms with E-state index in [1.54, 1.807) is 95.8 Å². The van der Waals surface area contributed by atoms with E-state index in [2.05, 4.69) is 116 Å². The summed E-state index contributed by atoms with van der Waals surface area (Å²) < 4.78 is 143. The summed E-state index contributed by atoms with van der Waals surface area (Å²) in [4.78, 5) is 19.6. The molecular formula is C95H98FN17O10S4. The van der Waals surface area contributed by atoms with Crippen LogP contribution in [0.15, 0.2) is 269 Å². The molecule has 1 aliphatic carbocycles. The number of morpholine rings is 1. The van der Waals surface area contributed by atoms with Crippen molar-refractivity contribution in [2.45, 2.75) is 145 Å². The van der Waals surface area contributed by atoms with Crippen molar-refractivity contribution in [2.24, 2.45) is 0 Å². The largest absolute Gasteiger partial charge is 0.390 e. The van der Waals surface area contributed by atoms with Gasteiger partial charge in [-0.2, -0.15) is 20.4 Å². The molecule has 0 atom stereocenters. The van der Waals surface area contributed by atoms with Gasteiger partial charge in [0.15, 0.2) is 0 Å². The van der Waals surface area contributed by atoms with Gasteiger partial charge in [0.1, 0.15) is 29.1 Å². The number of nitrogens with zero attached hydrogens (tertiary/aromatic N) is 13. The maximum Gasteiger partial charge on any atom is 0.263 e. The Bertz CT molecular complexity index is 7260. The van der Waals surface area contributed by atoms with Crippen molar-refractivity contribution in [2.75, 3.05) is 50.1 Å². The molecule has 5 N–H and O–H groups in total. The second-order valence-corrected chi connectivity index (χ2v) is 40.9. The van der Waals surface area contributed by atoms with Crippen molar-refractivity contribution in [3.63, 3.8) is 0 Å². The number of hydrogen-bond acceptors (Lipinski definition) is 19. The molecule has 127 heavy (non-hydrogen) atoms. The van der Waals surface area contributed by atoms with Crippen LogP contribution >= 0.6 is 0 Å². The first-order chi connectivity index (χ1) is 60.4. The van der Waals surface area contributed by atoms with Gasteiger partial charge in [0, 0.05) is 94.8 Å². The van der Waals surface area contributed by atoms with Crippen LogP contribution in [0.3, 0.4) is 0 Å². The number of aliphatic hydroxyl groups excluding tert-OH is 1. The van der Waals surface area contributed by atoms with Gasteiger partial charge >= 0.3 is 0 Å². The number of aryl methyl sites for hydroxylation is 4. The van der Waals surface area contributed by atoms with Crippen molar-refractivity contribution in [3.05, 3.63) is 306 Å². The fraction of sp³-hybridized carbons (Fsp3) is 0.242. The van der Waals surface area contributed by atoms with E-state index in [0.717, 1.165) is 114 Å². The summed E-state index contributed by atoms with van der Waals surface area (Å²) in [5.41, 5.74) is 13.4. The molecule has 9 heterocycles. The van der Waals surface area contributed by atoms with Gasteiger partial charge in [-0.3, -0.25) is 38.8 Å². The third-order valence-electron chi connectivity index (χ3n) is 21.9. The maximum absolute atomic E-state index is 14.8. The minimum absolute atomic E-state index is 0.0433. The molecule has 8 aromatic carbocycles. The highest BCUT2D eigenvalue weighted by atomic mass is 32.2. The summed E-state index contributed by atoms with van der Waals surface area (Å²) in [5.74, 6) is 0.807. The third-order valence-corrected chi connectivity index (χ3v) is 27.3. The lowest BCUT2D eigenvalue weighted by Crippen LogP contribution is -2.36. The highest BCUT2D eigenvalue weighted by Crippen LogP contribution is 2.38. The van der Waals surface area contributed by atoms with Crippen LogP contribution in [0.2, 0.25) is 0 Å².